The highest BCUT2D eigenvalue weighted by molar-refractivity contribution is 6.29. The Morgan fingerprint density at radius 2 is 1.96 bits per heavy atom. The van der Waals surface area contributed by atoms with Gasteiger partial charge in [0.15, 0.2) is 0 Å². The number of aromatic nitrogens is 3. The van der Waals surface area contributed by atoms with Gasteiger partial charge in [-0.25, -0.2) is 9.37 Å². The topological polar surface area (TPSA) is 63.1 Å². The molecule has 8 heteroatoms. The van der Waals surface area contributed by atoms with Crippen LogP contribution in [0.4, 0.5) is 15.9 Å². The number of rotatable bonds is 4. The fourth-order valence-electron chi connectivity index (χ4n) is 2.89. The lowest BCUT2D eigenvalue weighted by atomic mass is 10.2. The molecule has 1 aliphatic heterocycles. The van der Waals surface area contributed by atoms with E-state index in [0.717, 1.165) is 5.69 Å². The lowest BCUT2D eigenvalue weighted by molar-refractivity contribution is 0.0962. The summed E-state index contributed by atoms with van der Waals surface area (Å²) >= 11 is 5.87. The normalized spacial score (nSPS) is 13.6. The van der Waals surface area contributed by atoms with Gasteiger partial charge in [0.05, 0.1) is 18.8 Å². The van der Waals surface area contributed by atoms with Gasteiger partial charge in [0, 0.05) is 12.2 Å². The number of halogens is 2. The maximum atomic E-state index is 13.1. The van der Waals surface area contributed by atoms with Crippen LogP contribution in [0.25, 0.3) is 0 Å². The number of nitrogens with one attached hydrogen (secondary N) is 1. The van der Waals surface area contributed by atoms with Gasteiger partial charge in [0.1, 0.15) is 22.5 Å². The van der Waals surface area contributed by atoms with Gasteiger partial charge in [0.2, 0.25) is 0 Å². The number of carbonyl (C=O) groups excluding carboxylic acids is 1. The minimum atomic E-state index is -0.328. The lowest BCUT2D eigenvalue weighted by Gasteiger charge is -2.27. The molecule has 3 heterocycles. The number of benzene rings is 1. The van der Waals surface area contributed by atoms with E-state index in [4.69, 9.17) is 11.6 Å². The van der Waals surface area contributed by atoms with E-state index in [1.54, 1.807) is 39.9 Å². The molecule has 0 fully saturated rings. The molecule has 0 saturated carbocycles. The van der Waals surface area contributed by atoms with Crippen molar-refractivity contribution in [3.8, 4) is 0 Å². The quantitative estimate of drug-likeness (QED) is 0.714. The van der Waals surface area contributed by atoms with E-state index in [2.05, 4.69) is 15.4 Å². The Balaban J connectivity index is 1.51. The van der Waals surface area contributed by atoms with Gasteiger partial charge in [-0.1, -0.05) is 17.7 Å². The first kappa shape index (κ1) is 16.5. The van der Waals surface area contributed by atoms with Crippen molar-refractivity contribution in [1.29, 1.82) is 0 Å². The second-order valence-electron chi connectivity index (χ2n) is 5.88. The first-order chi connectivity index (χ1) is 12.6. The van der Waals surface area contributed by atoms with Gasteiger partial charge in [-0.15, -0.1) is 0 Å². The first-order valence-electron chi connectivity index (χ1n) is 8.11. The minimum absolute atomic E-state index is 0.150. The van der Waals surface area contributed by atoms with Gasteiger partial charge in [-0.3, -0.25) is 9.48 Å². The molecule has 1 aromatic carbocycles. The Morgan fingerprint density at radius 1 is 1.15 bits per heavy atom. The fraction of sp³-hybridized carbons (Fsp3) is 0.167. The Kier molecular flexibility index (Phi) is 4.30. The molecular weight excluding hydrogens is 357 g/mol. The average molecular weight is 372 g/mol. The molecule has 1 amide bonds. The van der Waals surface area contributed by atoms with Crippen LogP contribution in [-0.4, -0.2) is 27.2 Å². The van der Waals surface area contributed by atoms with Crippen molar-refractivity contribution >= 4 is 29.0 Å². The second kappa shape index (κ2) is 6.76. The number of fused-ring (bicyclic) bond motifs is 1. The number of anilines is 2. The van der Waals surface area contributed by atoms with Gasteiger partial charge in [0.25, 0.3) is 5.91 Å². The van der Waals surface area contributed by atoms with Crippen LogP contribution >= 0.6 is 11.6 Å². The molecule has 1 aliphatic rings. The third-order valence-electron chi connectivity index (χ3n) is 4.13. The van der Waals surface area contributed by atoms with E-state index in [1.165, 1.54) is 12.1 Å². The van der Waals surface area contributed by atoms with Crippen molar-refractivity contribution in [2.75, 3.05) is 16.8 Å². The van der Waals surface area contributed by atoms with E-state index in [-0.39, 0.29) is 11.7 Å². The maximum Gasteiger partial charge on any atom is 0.276 e. The first-order valence-corrected chi connectivity index (χ1v) is 8.48. The van der Waals surface area contributed by atoms with E-state index < -0.39 is 0 Å². The standard InChI is InChI=1S/C18H15ClFN5O/c19-16-2-1-3-17(22-16)21-11-13-10-15-18(26)24(8-9-25(15)23-13)14-6-4-12(20)5-7-14/h1-7,10H,8-9,11H2,(H,21,22). The molecule has 0 saturated heterocycles. The predicted octanol–water partition coefficient (Wildman–Crippen LogP) is 3.34. The molecule has 26 heavy (non-hydrogen) atoms. The Morgan fingerprint density at radius 3 is 2.73 bits per heavy atom. The molecule has 0 aliphatic carbocycles. The summed E-state index contributed by atoms with van der Waals surface area (Å²) in [5, 5.41) is 8.01. The third-order valence-corrected chi connectivity index (χ3v) is 4.34. The van der Waals surface area contributed by atoms with Crippen molar-refractivity contribution in [2.24, 2.45) is 0 Å². The number of pyridine rings is 1. The van der Waals surface area contributed by atoms with Crippen LogP contribution < -0.4 is 10.2 Å². The number of hydrogen-bond acceptors (Lipinski definition) is 4. The van der Waals surface area contributed by atoms with Crippen LogP contribution in [0.3, 0.4) is 0 Å². The van der Waals surface area contributed by atoms with Crippen LogP contribution in [0.5, 0.6) is 0 Å². The van der Waals surface area contributed by atoms with Gasteiger partial charge in [-0.05, 0) is 42.5 Å². The Labute approximate surface area is 154 Å². The zero-order valence-electron chi connectivity index (χ0n) is 13.7. The molecule has 3 aromatic rings. The number of hydrogen-bond donors (Lipinski definition) is 1. The number of carbonyl (C=O) groups is 1. The molecular formula is C18H15ClFN5O. The van der Waals surface area contributed by atoms with Crippen molar-refractivity contribution in [1.82, 2.24) is 14.8 Å². The molecule has 132 valence electrons. The van der Waals surface area contributed by atoms with E-state index in [9.17, 15) is 9.18 Å². The summed E-state index contributed by atoms with van der Waals surface area (Å²) in [6, 6.07) is 13.0. The molecule has 0 bridgehead atoms. The number of nitrogens with zero attached hydrogens (tertiary/aromatic N) is 4. The Hall–Kier alpha value is -2.93. The highest BCUT2D eigenvalue weighted by Crippen LogP contribution is 2.22. The van der Waals surface area contributed by atoms with Crippen LogP contribution in [-0.2, 0) is 13.1 Å². The summed E-state index contributed by atoms with van der Waals surface area (Å²) in [7, 11) is 0. The predicted molar refractivity (Wildman–Crippen MR) is 96.9 cm³/mol. The third kappa shape index (κ3) is 3.25. The summed E-state index contributed by atoms with van der Waals surface area (Å²) in [5.41, 5.74) is 1.92. The van der Waals surface area contributed by atoms with Gasteiger partial charge in [-0.2, -0.15) is 5.10 Å². The molecule has 0 atom stereocenters. The van der Waals surface area contributed by atoms with E-state index >= 15 is 0 Å². The van der Waals surface area contributed by atoms with E-state index in [1.807, 2.05) is 6.07 Å². The monoisotopic (exact) mass is 371 g/mol. The minimum Gasteiger partial charge on any atom is -0.364 e. The molecule has 0 radical (unpaired) electrons. The van der Waals surface area contributed by atoms with E-state index in [0.29, 0.717) is 42.0 Å². The van der Waals surface area contributed by atoms with Gasteiger partial charge < -0.3 is 10.2 Å². The highest BCUT2D eigenvalue weighted by Gasteiger charge is 2.27. The summed E-state index contributed by atoms with van der Waals surface area (Å²) in [6.07, 6.45) is 0. The zero-order chi connectivity index (χ0) is 18.1. The molecule has 0 unspecified atom stereocenters. The number of amides is 1. The summed E-state index contributed by atoms with van der Waals surface area (Å²) in [4.78, 5) is 18.5. The largest absolute Gasteiger partial charge is 0.364 e. The van der Waals surface area contributed by atoms with Crippen molar-refractivity contribution in [3.05, 3.63) is 70.9 Å². The molecule has 2 aromatic heterocycles. The van der Waals surface area contributed by atoms with Crippen LogP contribution in [0.15, 0.2) is 48.5 Å². The summed E-state index contributed by atoms with van der Waals surface area (Å²) in [6.45, 7) is 1.49. The molecule has 0 spiro atoms. The van der Waals surface area contributed by atoms with Crippen molar-refractivity contribution in [3.63, 3.8) is 0 Å². The van der Waals surface area contributed by atoms with Crippen molar-refractivity contribution in [2.45, 2.75) is 13.1 Å². The van der Waals surface area contributed by atoms with Gasteiger partial charge >= 0.3 is 0 Å². The lowest BCUT2D eigenvalue weighted by Crippen LogP contribution is -2.40. The summed E-state index contributed by atoms with van der Waals surface area (Å²) in [5.74, 6) is 0.163. The molecule has 1 N–H and O–H groups in total. The fourth-order valence-corrected chi connectivity index (χ4v) is 3.05. The SMILES string of the molecule is O=C1c2cc(CNc3cccc(Cl)n3)nn2CCN1c1ccc(F)cc1. The van der Waals surface area contributed by atoms with Crippen molar-refractivity contribution < 1.29 is 9.18 Å². The maximum absolute atomic E-state index is 13.1. The second-order valence-corrected chi connectivity index (χ2v) is 6.26. The summed E-state index contributed by atoms with van der Waals surface area (Å²) < 4.78 is 14.8. The van der Waals surface area contributed by atoms with Crippen LogP contribution in [0.2, 0.25) is 5.15 Å². The smallest absolute Gasteiger partial charge is 0.276 e. The zero-order valence-corrected chi connectivity index (χ0v) is 14.4. The molecule has 6 nitrogen and oxygen atoms in total. The highest BCUT2D eigenvalue weighted by atomic mass is 35.5. The molecule has 4 rings (SSSR count). The van der Waals surface area contributed by atoms with Crippen LogP contribution in [0, 0.1) is 5.82 Å². The Bertz CT molecular complexity index is 956. The van der Waals surface area contributed by atoms with Crippen LogP contribution in [0.1, 0.15) is 16.2 Å². The average Bonchev–Trinajstić information content (AvgIpc) is 3.06.